The molecule has 0 aromatic carbocycles. The van der Waals surface area contributed by atoms with Crippen LogP contribution in [-0.4, -0.2) is 47.9 Å². The molecule has 0 radical (unpaired) electrons. The van der Waals surface area contributed by atoms with Crippen LogP contribution in [0.1, 0.15) is 32.1 Å². The minimum Gasteiger partial charge on any atom is -0.355 e. The molecule has 0 atom stereocenters. The van der Waals surface area contributed by atoms with Gasteiger partial charge in [0.2, 0.25) is 5.91 Å². The molecule has 3 heterocycles. The van der Waals surface area contributed by atoms with Gasteiger partial charge < -0.3 is 9.80 Å². The number of halogens is 3. The van der Waals surface area contributed by atoms with Crippen molar-refractivity contribution < 1.29 is 13.6 Å². The molecule has 0 aliphatic carbocycles. The molecule has 0 spiro atoms. The lowest BCUT2D eigenvalue weighted by Gasteiger charge is -2.35. The van der Waals surface area contributed by atoms with Crippen molar-refractivity contribution in [1.29, 1.82) is 0 Å². The van der Waals surface area contributed by atoms with Crippen LogP contribution >= 0.6 is 11.6 Å². The predicted octanol–water partition coefficient (Wildman–Crippen LogP) is 3.60. The normalized spacial score (nSPS) is 21.8. The summed E-state index contributed by atoms with van der Waals surface area (Å²) in [5.74, 6) is -1.50. The highest BCUT2D eigenvalue weighted by atomic mass is 35.5. The third-order valence-electron chi connectivity index (χ3n) is 4.96. The first-order valence-electron chi connectivity index (χ1n) is 8.46. The highest BCUT2D eigenvalue weighted by molar-refractivity contribution is 6.32. The van der Waals surface area contributed by atoms with Gasteiger partial charge in [-0.3, -0.25) is 4.79 Å². The zero-order valence-corrected chi connectivity index (χ0v) is 14.3. The second kappa shape index (κ2) is 7.21. The van der Waals surface area contributed by atoms with Crippen molar-refractivity contribution in [1.82, 2.24) is 9.88 Å². The van der Waals surface area contributed by atoms with Crippen molar-refractivity contribution in [3.8, 4) is 0 Å². The summed E-state index contributed by atoms with van der Waals surface area (Å²) in [5, 5.41) is 0.640. The first-order valence-corrected chi connectivity index (χ1v) is 8.83. The molecule has 2 aliphatic heterocycles. The Hall–Kier alpha value is -1.43. The number of hydrogen-bond acceptors (Lipinski definition) is 3. The van der Waals surface area contributed by atoms with E-state index in [1.165, 1.54) is 0 Å². The van der Waals surface area contributed by atoms with E-state index >= 15 is 0 Å². The zero-order valence-electron chi connectivity index (χ0n) is 13.6. The number of carbonyl (C=O) groups is 1. The summed E-state index contributed by atoms with van der Waals surface area (Å²) in [5.41, 5.74) is 0. The second-order valence-corrected chi connectivity index (χ2v) is 7.09. The van der Waals surface area contributed by atoms with Gasteiger partial charge in [0.25, 0.3) is 5.92 Å². The van der Waals surface area contributed by atoms with E-state index in [0.29, 0.717) is 17.4 Å². The molecule has 1 aromatic heterocycles. The Bertz CT molecular complexity index is 581. The van der Waals surface area contributed by atoms with Crippen molar-refractivity contribution in [2.24, 2.45) is 5.92 Å². The summed E-state index contributed by atoms with van der Waals surface area (Å²) in [4.78, 5) is 20.4. The zero-order chi connectivity index (χ0) is 17.2. The molecular formula is C17H22ClF2N3O. The van der Waals surface area contributed by atoms with E-state index in [1.807, 2.05) is 6.07 Å². The van der Waals surface area contributed by atoms with Crippen molar-refractivity contribution in [3.63, 3.8) is 0 Å². The average Bonchev–Trinajstić information content (AvgIpc) is 2.56. The van der Waals surface area contributed by atoms with Crippen LogP contribution < -0.4 is 4.90 Å². The minimum absolute atomic E-state index is 0.0137. The number of rotatable bonds is 3. The van der Waals surface area contributed by atoms with Crippen LogP contribution in [0.15, 0.2) is 18.3 Å². The lowest BCUT2D eigenvalue weighted by molar-refractivity contribution is -0.138. The van der Waals surface area contributed by atoms with Gasteiger partial charge in [-0.2, -0.15) is 0 Å². The van der Waals surface area contributed by atoms with Gasteiger partial charge in [-0.15, -0.1) is 0 Å². The van der Waals surface area contributed by atoms with Gasteiger partial charge in [0.1, 0.15) is 5.82 Å². The summed E-state index contributed by atoms with van der Waals surface area (Å²) >= 11 is 6.18. The fourth-order valence-electron chi connectivity index (χ4n) is 3.42. The smallest absolute Gasteiger partial charge is 0.251 e. The van der Waals surface area contributed by atoms with Crippen LogP contribution in [0.3, 0.4) is 0 Å². The van der Waals surface area contributed by atoms with E-state index in [0.717, 1.165) is 31.7 Å². The molecule has 2 saturated heterocycles. The summed E-state index contributed by atoms with van der Waals surface area (Å²) in [7, 11) is 0. The Kier molecular flexibility index (Phi) is 5.23. The first-order chi connectivity index (χ1) is 11.4. The Labute approximate surface area is 145 Å². The molecule has 2 fully saturated rings. The molecule has 0 bridgehead atoms. The first kappa shape index (κ1) is 17.4. The molecule has 2 aliphatic rings. The fraction of sp³-hybridized carbons (Fsp3) is 0.647. The Morgan fingerprint density at radius 1 is 1.25 bits per heavy atom. The van der Waals surface area contributed by atoms with Crippen molar-refractivity contribution in [3.05, 3.63) is 23.4 Å². The number of nitrogens with zero attached hydrogens (tertiary/aromatic N) is 3. The molecule has 0 unspecified atom stereocenters. The highest BCUT2D eigenvalue weighted by Gasteiger charge is 2.36. The molecule has 4 nitrogen and oxygen atoms in total. The van der Waals surface area contributed by atoms with Gasteiger partial charge >= 0.3 is 0 Å². The number of likely N-dealkylation sites (tertiary alicyclic amines) is 1. The van der Waals surface area contributed by atoms with Crippen LogP contribution in [0.25, 0.3) is 0 Å². The largest absolute Gasteiger partial charge is 0.355 e. The summed E-state index contributed by atoms with van der Waals surface area (Å²) in [6.45, 7) is 1.97. The quantitative estimate of drug-likeness (QED) is 0.829. The van der Waals surface area contributed by atoms with Crippen LogP contribution in [0.4, 0.5) is 14.6 Å². The molecule has 0 N–H and O–H groups in total. The van der Waals surface area contributed by atoms with Gasteiger partial charge in [-0.25, -0.2) is 13.8 Å². The van der Waals surface area contributed by atoms with Gasteiger partial charge in [0.05, 0.1) is 5.02 Å². The van der Waals surface area contributed by atoms with Crippen molar-refractivity contribution in [2.75, 3.05) is 31.1 Å². The summed E-state index contributed by atoms with van der Waals surface area (Å²) in [6, 6.07) is 3.63. The Morgan fingerprint density at radius 3 is 2.54 bits per heavy atom. The van der Waals surface area contributed by atoms with Crippen LogP contribution in [-0.2, 0) is 4.79 Å². The second-order valence-electron chi connectivity index (χ2n) is 6.68. The molecule has 1 aromatic rings. The number of carbonyl (C=O) groups excluding carboxylic acids is 1. The Morgan fingerprint density at radius 2 is 1.92 bits per heavy atom. The van der Waals surface area contributed by atoms with Crippen molar-refractivity contribution >= 4 is 23.3 Å². The van der Waals surface area contributed by atoms with E-state index in [2.05, 4.69) is 9.88 Å². The van der Waals surface area contributed by atoms with E-state index in [4.69, 9.17) is 11.6 Å². The number of aromatic nitrogens is 1. The maximum Gasteiger partial charge on any atom is 0.251 e. The summed E-state index contributed by atoms with van der Waals surface area (Å²) < 4.78 is 26.4. The monoisotopic (exact) mass is 357 g/mol. The molecule has 132 valence electrons. The number of pyridine rings is 1. The van der Waals surface area contributed by atoms with Gasteiger partial charge in [-0.1, -0.05) is 11.6 Å². The number of piperidine rings is 2. The predicted molar refractivity (Wildman–Crippen MR) is 89.6 cm³/mol. The van der Waals surface area contributed by atoms with Crippen LogP contribution in [0.5, 0.6) is 0 Å². The van der Waals surface area contributed by atoms with E-state index in [-0.39, 0.29) is 31.8 Å². The molecule has 7 heteroatoms. The maximum absolute atomic E-state index is 13.2. The van der Waals surface area contributed by atoms with Gasteiger partial charge in [0.15, 0.2) is 0 Å². The highest BCUT2D eigenvalue weighted by Crippen LogP contribution is 2.31. The third kappa shape index (κ3) is 4.15. The molecule has 24 heavy (non-hydrogen) atoms. The molecule has 3 rings (SSSR count). The topological polar surface area (TPSA) is 36.4 Å². The number of anilines is 1. The standard InChI is InChI=1S/C17H22ClF2N3O/c18-14-2-1-7-21-16(14)23-8-3-13(4-9-23)12-15(24)22-10-5-17(19,20)6-11-22/h1-2,7,13H,3-6,8-12H2. The average molecular weight is 358 g/mol. The SMILES string of the molecule is O=C(CC1CCN(c2ncccc2Cl)CC1)N1CCC(F)(F)CC1. The molecular weight excluding hydrogens is 336 g/mol. The lowest BCUT2D eigenvalue weighted by atomic mass is 9.92. The van der Waals surface area contributed by atoms with E-state index in [1.54, 1.807) is 17.2 Å². The van der Waals surface area contributed by atoms with E-state index in [9.17, 15) is 13.6 Å². The molecule has 1 amide bonds. The number of alkyl halides is 2. The Balaban J connectivity index is 1.47. The van der Waals surface area contributed by atoms with Gasteiger partial charge in [0, 0.05) is 51.6 Å². The molecule has 0 saturated carbocycles. The summed E-state index contributed by atoms with van der Waals surface area (Å²) in [6.07, 6.45) is 3.54. The van der Waals surface area contributed by atoms with Crippen LogP contribution in [0, 0.1) is 5.92 Å². The van der Waals surface area contributed by atoms with E-state index < -0.39 is 5.92 Å². The number of amides is 1. The third-order valence-corrected chi connectivity index (χ3v) is 5.26. The number of hydrogen-bond donors (Lipinski definition) is 0. The lowest BCUT2D eigenvalue weighted by Crippen LogP contribution is -2.44. The van der Waals surface area contributed by atoms with Gasteiger partial charge in [-0.05, 0) is 30.9 Å². The fourth-order valence-corrected chi connectivity index (χ4v) is 3.66. The maximum atomic E-state index is 13.2. The van der Waals surface area contributed by atoms with Crippen LogP contribution in [0.2, 0.25) is 5.02 Å². The van der Waals surface area contributed by atoms with Crippen molar-refractivity contribution in [2.45, 2.75) is 38.0 Å². The minimum atomic E-state index is -2.61.